The second-order valence-electron chi connectivity index (χ2n) is 6.56. The standard InChI is InChI=1S/C16H19BrN2OS/c1-16(2)6-5-10(8-16)19-15(20)14-13(18)11-4-3-9(17)7-12(11)21-14/h3-4,7,10H,5-6,8,18H2,1-2H3,(H,19,20). The van der Waals surface area contributed by atoms with E-state index < -0.39 is 0 Å². The molecule has 0 aliphatic heterocycles. The highest BCUT2D eigenvalue weighted by Crippen LogP contribution is 2.38. The summed E-state index contributed by atoms with van der Waals surface area (Å²) in [5.74, 6) is -0.0347. The fourth-order valence-corrected chi connectivity index (χ4v) is 4.65. The van der Waals surface area contributed by atoms with E-state index in [9.17, 15) is 4.79 Å². The number of carbonyl (C=O) groups excluding carboxylic acids is 1. The van der Waals surface area contributed by atoms with Gasteiger partial charge in [0, 0.05) is 20.6 Å². The summed E-state index contributed by atoms with van der Waals surface area (Å²) in [7, 11) is 0. The summed E-state index contributed by atoms with van der Waals surface area (Å²) in [6.45, 7) is 4.51. The summed E-state index contributed by atoms with van der Waals surface area (Å²) in [5.41, 5.74) is 7.07. The van der Waals surface area contributed by atoms with Crippen molar-refractivity contribution in [3.8, 4) is 0 Å². The van der Waals surface area contributed by atoms with Crippen LogP contribution in [0.3, 0.4) is 0 Å². The Morgan fingerprint density at radius 1 is 1.48 bits per heavy atom. The molecule has 0 radical (unpaired) electrons. The highest BCUT2D eigenvalue weighted by Gasteiger charge is 2.32. The van der Waals surface area contributed by atoms with Crippen molar-refractivity contribution in [3.05, 3.63) is 27.5 Å². The Hall–Kier alpha value is -1.07. The third kappa shape index (κ3) is 2.94. The van der Waals surface area contributed by atoms with Crippen molar-refractivity contribution in [1.29, 1.82) is 0 Å². The van der Waals surface area contributed by atoms with Gasteiger partial charge in [0.05, 0.1) is 5.69 Å². The minimum atomic E-state index is -0.0347. The second kappa shape index (κ2) is 5.29. The molecule has 1 amide bonds. The summed E-state index contributed by atoms with van der Waals surface area (Å²) in [4.78, 5) is 13.1. The van der Waals surface area contributed by atoms with E-state index in [1.807, 2.05) is 18.2 Å². The Kier molecular flexibility index (Phi) is 3.74. The van der Waals surface area contributed by atoms with E-state index in [0.717, 1.165) is 33.8 Å². The Bertz CT molecular complexity index is 708. The number of thiophene rings is 1. The molecular weight excluding hydrogens is 348 g/mol. The van der Waals surface area contributed by atoms with Gasteiger partial charge in [0.15, 0.2) is 0 Å². The summed E-state index contributed by atoms with van der Waals surface area (Å²) in [5, 5.41) is 4.11. The Balaban J connectivity index is 1.83. The minimum Gasteiger partial charge on any atom is -0.397 e. The summed E-state index contributed by atoms with van der Waals surface area (Å²) in [6.07, 6.45) is 3.25. The highest BCUT2D eigenvalue weighted by atomic mass is 79.9. The van der Waals surface area contributed by atoms with E-state index in [2.05, 4.69) is 35.1 Å². The molecule has 2 aromatic rings. The topological polar surface area (TPSA) is 55.1 Å². The van der Waals surface area contributed by atoms with Crippen molar-refractivity contribution in [2.75, 3.05) is 5.73 Å². The van der Waals surface area contributed by atoms with Crippen molar-refractivity contribution >= 4 is 48.9 Å². The maximum atomic E-state index is 12.5. The number of nitrogen functional groups attached to an aromatic ring is 1. The van der Waals surface area contributed by atoms with Gasteiger partial charge in [-0.05, 0) is 36.8 Å². The van der Waals surface area contributed by atoms with Crippen molar-refractivity contribution in [3.63, 3.8) is 0 Å². The lowest BCUT2D eigenvalue weighted by Crippen LogP contribution is -2.33. The smallest absolute Gasteiger partial charge is 0.263 e. The van der Waals surface area contributed by atoms with Crippen LogP contribution >= 0.6 is 27.3 Å². The third-order valence-electron chi connectivity index (χ3n) is 4.20. The fourth-order valence-electron chi connectivity index (χ4n) is 3.07. The molecule has 1 saturated carbocycles. The van der Waals surface area contributed by atoms with Crippen LogP contribution in [0, 0.1) is 5.41 Å². The average Bonchev–Trinajstić information content (AvgIpc) is 2.90. The molecule has 1 aromatic carbocycles. The number of halogens is 1. The monoisotopic (exact) mass is 366 g/mol. The number of hydrogen-bond donors (Lipinski definition) is 2. The van der Waals surface area contributed by atoms with Gasteiger partial charge in [-0.2, -0.15) is 0 Å². The van der Waals surface area contributed by atoms with Crippen LogP contribution in [-0.2, 0) is 0 Å². The number of hydrogen-bond acceptors (Lipinski definition) is 3. The molecule has 1 atom stereocenters. The number of anilines is 1. The number of nitrogens with one attached hydrogen (secondary N) is 1. The van der Waals surface area contributed by atoms with E-state index in [4.69, 9.17) is 5.73 Å². The molecule has 1 aliphatic carbocycles. The first-order chi connectivity index (χ1) is 9.85. The molecule has 1 aromatic heterocycles. The summed E-state index contributed by atoms with van der Waals surface area (Å²) in [6, 6.07) is 6.18. The van der Waals surface area contributed by atoms with Gasteiger partial charge >= 0.3 is 0 Å². The SMILES string of the molecule is CC1(C)CCC(NC(=O)c2sc3cc(Br)ccc3c2N)C1. The molecule has 5 heteroatoms. The third-order valence-corrected chi connectivity index (χ3v) is 5.86. The molecule has 3 rings (SSSR count). The van der Waals surface area contributed by atoms with Gasteiger partial charge in [0.25, 0.3) is 5.91 Å². The molecule has 1 heterocycles. The predicted molar refractivity (Wildman–Crippen MR) is 92.8 cm³/mol. The highest BCUT2D eigenvalue weighted by molar-refractivity contribution is 9.10. The second-order valence-corrected chi connectivity index (χ2v) is 8.53. The van der Waals surface area contributed by atoms with Gasteiger partial charge < -0.3 is 11.1 Å². The molecular formula is C16H19BrN2OS. The first-order valence-electron chi connectivity index (χ1n) is 7.14. The predicted octanol–water partition coefficient (Wildman–Crippen LogP) is 4.55. The van der Waals surface area contributed by atoms with Gasteiger partial charge in [-0.3, -0.25) is 4.79 Å². The molecule has 1 unspecified atom stereocenters. The van der Waals surface area contributed by atoms with Crippen LogP contribution in [-0.4, -0.2) is 11.9 Å². The van der Waals surface area contributed by atoms with Crippen LogP contribution < -0.4 is 11.1 Å². The van der Waals surface area contributed by atoms with Gasteiger partial charge in [0.2, 0.25) is 0 Å². The molecule has 3 nitrogen and oxygen atoms in total. The van der Waals surface area contributed by atoms with E-state index in [1.165, 1.54) is 11.3 Å². The van der Waals surface area contributed by atoms with Gasteiger partial charge in [-0.25, -0.2) is 0 Å². The zero-order valence-electron chi connectivity index (χ0n) is 12.2. The van der Waals surface area contributed by atoms with Crippen LogP contribution in [0.2, 0.25) is 0 Å². The van der Waals surface area contributed by atoms with Gasteiger partial charge in [0.1, 0.15) is 4.88 Å². The Labute approximate surface area is 137 Å². The van der Waals surface area contributed by atoms with E-state index >= 15 is 0 Å². The first kappa shape index (κ1) is 14.9. The summed E-state index contributed by atoms with van der Waals surface area (Å²) < 4.78 is 2.04. The molecule has 0 spiro atoms. The zero-order chi connectivity index (χ0) is 15.2. The minimum absolute atomic E-state index is 0.0347. The number of nitrogens with two attached hydrogens (primary N) is 1. The molecule has 0 saturated heterocycles. The number of fused-ring (bicyclic) bond motifs is 1. The maximum Gasteiger partial charge on any atom is 0.263 e. The van der Waals surface area contributed by atoms with Gasteiger partial charge in [-0.1, -0.05) is 35.8 Å². The van der Waals surface area contributed by atoms with Crippen LogP contribution in [0.4, 0.5) is 5.69 Å². The van der Waals surface area contributed by atoms with Crippen LogP contribution in [0.25, 0.3) is 10.1 Å². The van der Waals surface area contributed by atoms with Crippen molar-refractivity contribution < 1.29 is 4.79 Å². The van der Waals surface area contributed by atoms with Crippen LogP contribution in [0.5, 0.6) is 0 Å². The maximum absolute atomic E-state index is 12.5. The van der Waals surface area contributed by atoms with E-state index in [-0.39, 0.29) is 11.9 Å². The molecule has 1 aliphatic rings. The van der Waals surface area contributed by atoms with Gasteiger partial charge in [-0.15, -0.1) is 11.3 Å². The molecule has 21 heavy (non-hydrogen) atoms. The average molecular weight is 367 g/mol. The lowest BCUT2D eigenvalue weighted by Gasteiger charge is -2.17. The largest absolute Gasteiger partial charge is 0.397 e. The molecule has 1 fully saturated rings. The molecule has 0 bridgehead atoms. The van der Waals surface area contributed by atoms with E-state index in [0.29, 0.717) is 16.0 Å². The van der Waals surface area contributed by atoms with Crippen molar-refractivity contribution in [1.82, 2.24) is 5.32 Å². The lowest BCUT2D eigenvalue weighted by atomic mass is 9.92. The van der Waals surface area contributed by atoms with E-state index in [1.54, 1.807) is 0 Å². The summed E-state index contributed by atoms with van der Waals surface area (Å²) >= 11 is 4.91. The molecule has 3 N–H and O–H groups in total. The quantitative estimate of drug-likeness (QED) is 0.818. The first-order valence-corrected chi connectivity index (χ1v) is 8.75. The fraction of sp³-hybridized carbons (Fsp3) is 0.438. The number of rotatable bonds is 2. The normalized spacial score (nSPS) is 20.8. The van der Waals surface area contributed by atoms with Crippen molar-refractivity contribution in [2.45, 2.75) is 39.2 Å². The zero-order valence-corrected chi connectivity index (χ0v) is 14.6. The lowest BCUT2D eigenvalue weighted by molar-refractivity contribution is 0.0941. The molecule has 112 valence electrons. The van der Waals surface area contributed by atoms with Crippen LogP contribution in [0.1, 0.15) is 42.8 Å². The Morgan fingerprint density at radius 3 is 2.90 bits per heavy atom. The Morgan fingerprint density at radius 2 is 2.24 bits per heavy atom. The van der Waals surface area contributed by atoms with Crippen LogP contribution in [0.15, 0.2) is 22.7 Å². The number of benzene rings is 1. The number of carbonyl (C=O) groups is 1. The number of amides is 1. The van der Waals surface area contributed by atoms with Crippen molar-refractivity contribution in [2.24, 2.45) is 5.41 Å².